The van der Waals surface area contributed by atoms with Crippen molar-refractivity contribution in [3.05, 3.63) is 21.9 Å². The minimum absolute atomic E-state index is 0.324. The maximum Gasteiger partial charge on any atom is 0.178 e. The Kier molecular flexibility index (Phi) is 4.48. The molecule has 2 unspecified atom stereocenters. The summed E-state index contributed by atoms with van der Waals surface area (Å²) in [5, 5.41) is 1.50. The van der Waals surface area contributed by atoms with Gasteiger partial charge in [-0.3, -0.25) is 0 Å². The second kappa shape index (κ2) is 6.35. The molecular weight excluding hydrogens is 358 g/mol. The number of thioether (sulfide) groups is 1. The second-order valence-corrected chi connectivity index (χ2v) is 9.53. The van der Waals surface area contributed by atoms with Gasteiger partial charge in [0.05, 0.1) is 16.1 Å². The Morgan fingerprint density at radius 3 is 2.54 bits per heavy atom. The van der Waals surface area contributed by atoms with Crippen molar-refractivity contribution in [2.24, 2.45) is 0 Å². The zero-order chi connectivity index (χ0) is 17.0. The van der Waals surface area contributed by atoms with E-state index in [9.17, 15) is 0 Å². The summed E-state index contributed by atoms with van der Waals surface area (Å²) in [7, 11) is 2.29. The summed E-state index contributed by atoms with van der Waals surface area (Å²) >= 11 is 14.2. The molecule has 2 bridgehead atoms. The molecule has 2 saturated heterocycles. The predicted octanol–water partition coefficient (Wildman–Crippen LogP) is 5.65. The quantitative estimate of drug-likeness (QED) is 0.695. The van der Waals surface area contributed by atoms with E-state index in [1.165, 1.54) is 30.6 Å². The van der Waals surface area contributed by atoms with Gasteiger partial charge in [0.2, 0.25) is 0 Å². The highest BCUT2D eigenvalue weighted by Gasteiger charge is 2.38. The van der Waals surface area contributed by atoms with Gasteiger partial charge in [0.25, 0.3) is 0 Å². The third kappa shape index (κ3) is 2.74. The smallest absolute Gasteiger partial charge is 0.178 e. The number of aromatic amines is 1. The Balaban J connectivity index is 1.64. The van der Waals surface area contributed by atoms with E-state index in [-0.39, 0.29) is 0 Å². The first-order valence-corrected chi connectivity index (χ1v) is 10.4. The van der Waals surface area contributed by atoms with Crippen molar-refractivity contribution in [3.8, 4) is 0 Å². The van der Waals surface area contributed by atoms with E-state index in [1.54, 1.807) is 0 Å². The zero-order valence-electron chi connectivity index (χ0n) is 14.4. The van der Waals surface area contributed by atoms with Crippen molar-refractivity contribution in [1.82, 2.24) is 14.5 Å². The highest BCUT2D eigenvalue weighted by molar-refractivity contribution is 8.00. The van der Waals surface area contributed by atoms with E-state index in [0.717, 1.165) is 32.9 Å². The molecule has 1 N–H and O–H groups in total. The van der Waals surface area contributed by atoms with Crippen LogP contribution in [-0.4, -0.2) is 38.8 Å². The van der Waals surface area contributed by atoms with Crippen LogP contribution in [0.4, 0.5) is 0 Å². The zero-order valence-corrected chi connectivity index (χ0v) is 16.8. The fourth-order valence-corrected chi connectivity index (χ4v) is 6.48. The fourth-order valence-electron chi connectivity index (χ4n) is 4.38. The maximum absolute atomic E-state index is 6.75. The standard InChI is InChI=1S/C18H24ClN3S2/c1-10(2)22-14-6-7-15(16(19)17(14)20-18(22)23)24-13-8-11-4-5-12(9-13)21(11)3/h6-7,10-13H,4-5,8-9H2,1-3H3,(H,20,23). The number of halogens is 1. The Labute approximate surface area is 157 Å². The molecule has 3 nitrogen and oxygen atoms in total. The van der Waals surface area contributed by atoms with E-state index in [4.69, 9.17) is 23.8 Å². The Bertz CT molecular complexity index is 812. The number of H-pyrrole nitrogens is 1. The Hall–Kier alpha value is -0.490. The minimum Gasteiger partial charge on any atom is -0.329 e. The van der Waals surface area contributed by atoms with Crippen molar-refractivity contribution < 1.29 is 0 Å². The fraction of sp³-hybridized carbons (Fsp3) is 0.611. The third-order valence-corrected chi connectivity index (χ3v) is 7.78. The summed E-state index contributed by atoms with van der Waals surface area (Å²) in [5.41, 5.74) is 2.09. The molecule has 2 fully saturated rings. The molecule has 2 aliphatic heterocycles. The first-order chi connectivity index (χ1) is 11.5. The van der Waals surface area contributed by atoms with E-state index in [1.807, 2.05) is 11.8 Å². The molecule has 0 radical (unpaired) electrons. The van der Waals surface area contributed by atoms with Crippen LogP contribution in [0, 0.1) is 4.77 Å². The monoisotopic (exact) mass is 381 g/mol. The van der Waals surface area contributed by atoms with Crippen LogP contribution in [0.25, 0.3) is 11.0 Å². The molecule has 4 rings (SSSR count). The number of piperidine rings is 1. The average Bonchev–Trinajstić information content (AvgIpc) is 2.95. The van der Waals surface area contributed by atoms with Gasteiger partial charge in [0.1, 0.15) is 0 Å². The van der Waals surface area contributed by atoms with Crippen molar-refractivity contribution >= 4 is 46.6 Å². The van der Waals surface area contributed by atoms with Gasteiger partial charge in [-0.2, -0.15) is 0 Å². The van der Waals surface area contributed by atoms with Gasteiger partial charge in [-0.25, -0.2) is 0 Å². The number of fused-ring (bicyclic) bond motifs is 3. The average molecular weight is 382 g/mol. The largest absolute Gasteiger partial charge is 0.329 e. The summed E-state index contributed by atoms with van der Waals surface area (Å²) in [6, 6.07) is 6.19. The lowest BCUT2D eigenvalue weighted by Gasteiger charge is -2.36. The van der Waals surface area contributed by atoms with E-state index in [2.05, 4.69) is 47.5 Å². The molecule has 24 heavy (non-hydrogen) atoms. The molecule has 3 heterocycles. The topological polar surface area (TPSA) is 24.0 Å². The normalized spacial score (nSPS) is 27.5. The minimum atomic E-state index is 0.324. The first kappa shape index (κ1) is 17.0. The summed E-state index contributed by atoms with van der Waals surface area (Å²) in [4.78, 5) is 7.09. The second-order valence-electron chi connectivity index (χ2n) is 7.43. The highest BCUT2D eigenvalue weighted by atomic mass is 35.5. The van der Waals surface area contributed by atoms with Crippen LogP contribution in [-0.2, 0) is 0 Å². The van der Waals surface area contributed by atoms with E-state index >= 15 is 0 Å². The summed E-state index contributed by atoms with van der Waals surface area (Å²) in [5.74, 6) is 0. The molecule has 1 aromatic heterocycles. The van der Waals surface area contributed by atoms with Crippen LogP contribution < -0.4 is 0 Å². The number of aromatic nitrogens is 2. The first-order valence-electron chi connectivity index (χ1n) is 8.77. The summed E-state index contributed by atoms with van der Waals surface area (Å²) in [6.45, 7) is 4.29. The molecule has 130 valence electrons. The van der Waals surface area contributed by atoms with Gasteiger partial charge in [-0.15, -0.1) is 11.8 Å². The van der Waals surface area contributed by atoms with Crippen molar-refractivity contribution in [3.63, 3.8) is 0 Å². The molecule has 0 amide bonds. The molecule has 1 aromatic carbocycles. The molecular formula is C18H24ClN3S2. The molecule has 2 atom stereocenters. The molecule has 0 aliphatic carbocycles. The SMILES string of the molecule is CC(C)n1c(=S)[nH]c2c(Cl)c(SC3CC4CCC(C3)N4C)ccc21. The lowest BCUT2D eigenvalue weighted by molar-refractivity contribution is 0.183. The highest BCUT2D eigenvalue weighted by Crippen LogP contribution is 2.44. The predicted molar refractivity (Wildman–Crippen MR) is 106 cm³/mol. The number of rotatable bonds is 3. The molecule has 2 aliphatic rings. The Morgan fingerprint density at radius 2 is 1.92 bits per heavy atom. The number of benzene rings is 1. The van der Waals surface area contributed by atoms with E-state index < -0.39 is 0 Å². The Morgan fingerprint density at radius 1 is 1.25 bits per heavy atom. The number of nitrogens with zero attached hydrogens (tertiary/aromatic N) is 2. The number of nitrogens with one attached hydrogen (secondary N) is 1. The van der Waals surface area contributed by atoms with Gasteiger partial charge in [0.15, 0.2) is 4.77 Å². The van der Waals surface area contributed by atoms with Crippen LogP contribution in [0.2, 0.25) is 5.02 Å². The van der Waals surface area contributed by atoms with Crippen LogP contribution in [0.1, 0.15) is 45.6 Å². The maximum atomic E-state index is 6.75. The number of hydrogen-bond donors (Lipinski definition) is 1. The number of imidazole rings is 1. The molecule has 0 saturated carbocycles. The lowest BCUT2D eigenvalue weighted by atomic mass is 10.0. The number of hydrogen-bond acceptors (Lipinski definition) is 3. The van der Waals surface area contributed by atoms with Crippen LogP contribution in [0.15, 0.2) is 17.0 Å². The van der Waals surface area contributed by atoms with Gasteiger partial charge in [-0.1, -0.05) is 11.6 Å². The summed E-state index contributed by atoms with van der Waals surface area (Å²) < 4.78 is 2.89. The van der Waals surface area contributed by atoms with Crippen molar-refractivity contribution in [1.29, 1.82) is 0 Å². The van der Waals surface area contributed by atoms with Gasteiger partial charge >= 0.3 is 0 Å². The van der Waals surface area contributed by atoms with E-state index in [0.29, 0.717) is 11.3 Å². The van der Waals surface area contributed by atoms with Crippen LogP contribution >= 0.6 is 35.6 Å². The van der Waals surface area contributed by atoms with Crippen molar-refractivity contribution in [2.75, 3.05) is 7.05 Å². The van der Waals surface area contributed by atoms with Gasteiger partial charge < -0.3 is 14.5 Å². The summed E-state index contributed by atoms with van der Waals surface area (Å²) in [6.07, 6.45) is 5.26. The van der Waals surface area contributed by atoms with Gasteiger partial charge in [-0.05, 0) is 70.9 Å². The van der Waals surface area contributed by atoms with Gasteiger partial charge in [0, 0.05) is 28.3 Å². The van der Waals surface area contributed by atoms with Crippen LogP contribution in [0.5, 0.6) is 0 Å². The lowest BCUT2D eigenvalue weighted by Crippen LogP contribution is -2.40. The van der Waals surface area contributed by atoms with Crippen molar-refractivity contribution in [2.45, 2.75) is 67.8 Å². The molecule has 2 aromatic rings. The molecule has 0 spiro atoms. The molecule has 6 heteroatoms. The third-order valence-electron chi connectivity index (χ3n) is 5.66. The van der Waals surface area contributed by atoms with Crippen LogP contribution in [0.3, 0.4) is 0 Å².